The van der Waals surface area contributed by atoms with Crippen LogP contribution in [0.1, 0.15) is 38.5 Å². The minimum Gasteiger partial charge on any atom is -0.396 e. The first-order chi connectivity index (χ1) is 6.41. The first kappa shape index (κ1) is 12.9. The van der Waals surface area contributed by atoms with E-state index >= 15 is 0 Å². The fraction of sp³-hybridized carbons (Fsp3) is 1.00. The zero-order valence-electron chi connectivity index (χ0n) is 8.37. The van der Waals surface area contributed by atoms with Gasteiger partial charge in [0.1, 0.15) is 0 Å². The van der Waals surface area contributed by atoms with Crippen molar-refractivity contribution in [2.45, 2.75) is 38.5 Å². The summed E-state index contributed by atoms with van der Waals surface area (Å²) in [4.78, 5) is 0. The second-order valence-corrected chi connectivity index (χ2v) is 3.18. The second kappa shape index (κ2) is 11.9. The van der Waals surface area contributed by atoms with Crippen molar-refractivity contribution < 1.29 is 14.9 Å². The lowest BCUT2D eigenvalue weighted by molar-refractivity contribution is 0.0895. The molecular weight excluding hydrogens is 168 g/mol. The summed E-state index contributed by atoms with van der Waals surface area (Å²) in [5, 5.41) is 16.9. The van der Waals surface area contributed by atoms with Gasteiger partial charge in [0.15, 0.2) is 0 Å². The lowest BCUT2D eigenvalue weighted by Gasteiger charge is -2.02. The Morgan fingerprint density at radius 1 is 0.615 bits per heavy atom. The summed E-state index contributed by atoms with van der Waals surface area (Å²) in [5.74, 6) is 0. The Morgan fingerprint density at radius 3 is 1.85 bits per heavy atom. The Bertz CT molecular complexity index is 76.2. The van der Waals surface area contributed by atoms with Crippen LogP contribution in [0, 0.1) is 0 Å². The predicted molar refractivity (Wildman–Crippen MR) is 52.7 cm³/mol. The Labute approximate surface area is 80.7 Å². The monoisotopic (exact) mass is 190 g/mol. The highest BCUT2D eigenvalue weighted by Gasteiger charge is 1.91. The summed E-state index contributed by atoms with van der Waals surface area (Å²) < 4.78 is 5.12. The predicted octanol–water partition coefficient (Wildman–Crippen LogP) is 1.33. The molecule has 0 aromatic rings. The molecular formula is C10H22O3. The van der Waals surface area contributed by atoms with E-state index in [1.54, 1.807) is 0 Å². The van der Waals surface area contributed by atoms with E-state index < -0.39 is 0 Å². The highest BCUT2D eigenvalue weighted by Crippen LogP contribution is 2.04. The van der Waals surface area contributed by atoms with Gasteiger partial charge in [0, 0.05) is 13.2 Å². The molecule has 3 nitrogen and oxygen atoms in total. The Morgan fingerprint density at radius 2 is 1.23 bits per heavy atom. The molecule has 0 saturated heterocycles. The maximum Gasteiger partial charge on any atom is 0.0697 e. The largest absolute Gasteiger partial charge is 0.396 e. The van der Waals surface area contributed by atoms with Crippen LogP contribution in [0.5, 0.6) is 0 Å². The van der Waals surface area contributed by atoms with E-state index in [1.807, 2.05) is 0 Å². The first-order valence-corrected chi connectivity index (χ1v) is 5.21. The fourth-order valence-electron chi connectivity index (χ4n) is 1.19. The number of ether oxygens (including phenoxy) is 1. The molecule has 0 bridgehead atoms. The SMILES string of the molecule is OCCCCCCCCOCCO. The molecule has 0 heterocycles. The van der Waals surface area contributed by atoms with Gasteiger partial charge in [0.25, 0.3) is 0 Å². The van der Waals surface area contributed by atoms with E-state index in [0.717, 1.165) is 25.9 Å². The zero-order chi connectivity index (χ0) is 9.78. The van der Waals surface area contributed by atoms with E-state index in [0.29, 0.717) is 13.2 Å². The van der Waals surface area contributed by atoms with Crippen molar-refractivity contribution in [3.63, 3.8) is 0 Å². The van der Waals surface area contributed by atoms with Crippen LogP contribution >= 0.6 is 0 Å². The molecule has 0 saturated carbocycles. The molecule has 0 spiro atoms. The zero-order valence-corrected chi connectivity index (χ0v) is 8.37. The highest BCUT2D eigenvalue weighted by molar-refractivity contribution is 4.44. The highest BCUT2D eigenvalue weighted by atomic mass is 16.5. The molecule has 0 aliphatic carbocycles. The van der Waals surface area contributed by atoms with Gasteiger partial charge < -0.3 is 14.9 Å². The molecule has 0 fully saturated rings. The van der Waals surface area contributed by atoms with Gasteiger partial charge in [0.05, 0.1) is 13.2 Å². The van der Waals surface area contributed by atoms with Gasteiger partial charge in [-0.05, 0) is 12.8 Å². The molecule has 80 valence electrons. The van der Waals surface area contributed by atoms with Crippen molar-refractivity contribution in [1.29, 1.82) is 0 Å². The smallest absolute Gasteiger partial charge is 0.0697 e. The van der Waals surface area contributed by atoms with Crippen molar-refractivity contribution in [3.05, 3.63) is 0 Å². The van der Waals surface area contributed by atoms with Crippen molar-refractivity contribution in [1.82, 2.24) is 0 Å². The van der Waals surface area contributed by atoms with Crippen LogP contribution in [-0.4, -0.2) is 36.6 Å². The minimum absolute atomic E-state index is 0.122. The molecule has 0 radical (unpaired) electrons. The average Bonchev–Trinajstić information content (AvgIpc) is 2.16. The standard InChI is InChI=1S/C10H22O3/c11-7-5-3-1-2-4-6-9-13-10-8-12/h11-12H,1-10H2. The number of hydrogen-bond acceptors (Lipinski definition) is 3. The van der Waals surface area contributed by atoms with Crippen molar-refractivity contribution in [2.24, 2.45) is 0 Å². The van der Waals surface area contributed by atoms with Gasteiger partial charge in [-0.3, -0.25) is 0 Å². The topological polar surface area (TPSA) is 49.7 Å². The first-order valence-electron chi connectivity index (χ1n) is 5.21. The summed E-state index contributed by atoms with van der Waals surface area (Å²) in [6.07, 6.45) is 6.77. The Hall–Kier alpha value is -0.120. The van der Waals surface area contributed by atoms with Crippen molar-refractivity contribution >= 4 is 0 Å². The van der Waals surface area contributed by atoms with Gasteiger partial charge in [-0.15, -0.1) is 0 Å². The van der Waals surface area contributed by atoms with Crippen LogP contribution in [0.3, 0.4) is 0 Å². The third-order valence-corrected chi connectivity index (χ3v) is 1.93. The van der Waals surface area contributed by atoms with Gasteiger partial charge in [-0.1, -0.05) is 25.7 Å². The van der Waals surface area contributed by atoms with Crippen molar-refractivity contribution in [2.75, 3.05) is 26.4 Å². The summed E-state index contributed by atoms with van der Waals surface area (Å²) >= 11 is 0. The lowest BCUT2D eigenvalue weighted by atomic mass is 10.1. The molecule has 0 aromatic heterocycles. The number of aliphatic hydroxyl groups is 2. The van der Waals surface area contributed by atoms with E-state index in [4.69, 9.17) is 14.9 Å². The number of rotatable bonds is 10. The summed E-state index contributed by atoms with van der Waals surface area (Å²) in [6.45, 7) is 1.67. The lowest BCUT2D eigenvalue weighted by Crippen LogP contribution is -2.00. The summed E-state index contributed by atoms with van der Waals surface area (Å²) in [5.41, 5.74) is 0. The van der Waals surface area contributed by atoms with Crippen LogP contribution in [-0.2, 0) is 4.74 Å². The Kier molecular flexibility index (Phi) is 11.8. The fourth-order valence-corrected chi connectivity index (χ4v) is 1.19. The maximum atomic E-state index is 8.52. The van der Waals surface area contributed by atoms with Gasteiger partial charge >= 0.3 is 0 Å². The van der Waals surface area contributed by atoms with Gasteiger partial charge in [0.2, 0.25) is 0 Å². The number of aliphatic hydroxyl groups excluding tert-OH is 2. The average molecular weight is 190 g/mol. The normalized spacial score (nSPS) is 10.6. The van der Waals surface area contributed by atoms with Gasteiger partial charge in [-0.25, -0.2) is 0 Å². The quantitative estimate of drug-likeness (QED) is 0.511. The molecule has 0 aliphatic heterocycles. The third-order valence-electron chi connectivity index (χ3n) is 1.93. The number of hydrogen-bond donors (Lipinski definition) is 2. The van der Waals surface area contributed by atoms with Crippen LogP contribution < -0.4 is 0 Å². The van der Waals surface area contributed by atoms with Crippen LogP contribution in [0.15, 0.2) is 0 Å². The third kappa shape index (κ3) is 11.9. The molecule has 0 rings (SSSR count). The summed E-state index contributed by atoms with van der Waals surface area (Å²) in [6, 6.07) is 0. The van der Waals surface area contributed by atoms with Crippen LogP contribution in [0.4, 0.5) is 0 Å². The van der Waals surface area contributed by atoms with Crippen LogP contribution in [0.25, 0.3) is 0 Å². The maximum absolute atomic E-state index is 8.52. The minimum atomic E-state index is 0.122. The summed E-state index contributed by atoms with van der Waals surface area (Å²) in [7, 11) is 0. The van der Waals surface area contributed by atoms with E-state index in [1.165, 1.54) is 19.3 Å². The molecule has 0 aliphatic rings. The molecule has 0 unspecified atom stereocenters. The molecule has 2 N–H and O–H groups in total. The van der Waals surface area contributed by atoms with Crippen molar-refractivity contribution in [3.8, 4) is 0 Å². The van der Waals surface area contributed by atoms with E-state index in [2.05, 4.69) is 0 Å². The Balaban J connectivity index is 2.76. The molecule has 13 heavy (non-hydrogen) atoms. The number of unbranched alkanes of at least 4 members (excludes halogenated alkanes) is 5. The van der Waals surface area contributed by atoms with Gasteiger partial charge in [-0.2, -0.15) is 0 Å². The molecule has 0 amide bonds. The second-order valence-electron chi connectivity index (χ2n) is 3.18. The molecule has 0 atom stereocenters. The van der Waals surface area contributed by atoms with Crippen LogP contribution in [0.2, 0.25) is 0 Å². The molecule has 3 heteroatoms. The van der Waals surface area contributed by atoms with E-state index in [9.17, 15) is 0 Å². The molecule has 0 aromatic carbocycles. The van der Waals surface area contributed by atoms with E-state index in [-0.39, 0.29) is 6.61 Å².